The summed E-state index contributed by atoms with van der Waals surface area (Å²) in [6, 6.07) is 11.6. The number of anilines is 1. The van der Waals surface area contributed by atoms with Gasteiger partial charge in [0.1, 0.15) is 11.3 Å². The zero-order valence-electron chi connectivity index (χ0n) is 15.1. The van der Waals surface area contributed by atoms with Crippen molar-refractivity contribution in [2.24, 2.45) is 5.92 Å². The van der Waals surface area contributed by atoms with Crippen molar-refractivity contribution >= 4 is 17.1 Å². The number of nitriles is 1. The van der Waals surface area contributed by atoms with E-state index in [-0.39, 0.29) is 11.8 Å². The monoisotopic (exact) mass is 361 g/mol. The van der Waals surface area contributed by atoms with Crippen LogP contribution in [-0.4, -0.2) is 40.6 Å². The number of hydrogen-bond donors (Lipinski definition) is 1. The Kier molecular flexibility index (Phi) is 4.16. The first-order valence-electron chi connectivity index (χ1n) is 8.72. The van der Waals surface area contributed by atoms with Crippen LogP contribution >= 0.6 is 0 Å². The van der Waals surface area contributed by atoms with E-state index in [9.17, 15) is 4.79 Å². The zero-order chi connectivity index (χ0) is 19.0. The number of carbonyl (C=O) groups excluding carboxylic acids is 1. The van der Waals surface area contributed by atoms with Crippen LogP contribution in [0.15, 0.2) is 42.7 Å². The number of nitrogens with one attached hydrogen (secondary N) is 1. The summed E-state index contributed by atoms with van der Waals surface area (Å²) in [5, 5.41) is 16.3. The molecule has 7 heteroatoms. The minimum Gasteiger partial charge on any atom is -0.455 e. The molecule has 136 valence electrons. The van der Waals surface area contributed by atoms with Crippen molar-refractivity contribution < 1.29 is 9.53 Å². The molecule has 1 amide bonds. The number of rotatable bonds is 4. The molecule has 4 rings (SSSR count). The van der Waals surface area contributed by atoms with Gasteiger partial charge in [-0.25, -0.2) is 4.52 Å². The summed E-state index contributed by atoms with van der Waals surface area (Å²) in [7, 11) is 1.86. The molecule has 0 radical (unpaired) electrons. The first-order chi connectivity index (χ1) is 13.1. The Bertz CT molecular complexity index is 1040. The molecule has 0 spiro atoms. The van der Waals surface area contributed by atoms with Gasteiger partial charge >= 0.3 is 0 Å². The molecule has 1 N–H and O–H groups in total. The molecule has 1 aromatic carbocycles. The maximum absolute atomic E-state index is 12.7. The first-order valence-corrected chi connectivity index (χ1v) is 8.72. The van der Waals surface area contributed by atoms with Crippen molar-refractivity contribution in [2.45, 2.75) is 6.92 Å². The maximum atomic E-state index is 12.7. The fourth-order valence-corrected chi connectivity index (χ4v) is 3.23. The Hall–Kier alpha value is -3.53. The number of ether oxygens (including phenoxy) is 1. The number of hydrogen-bond acceptors (Lipinski definition) is 5. The number of likely N-dealkylation sites (tertiary alicyclic amines) is 1. The van der Waals surface area contributed by atoms with Gasteiger partial charge in [-0.15, -0.1) is 0 Å². The van der Waals surface area contributed by atoms with Crippen molar-refractivity contribution in [3.8, 4) is 17.6 Å². The molecule has 1 aliphatic rings. The third kappa shape index (κ3) is 2.95. The SMILES string of the molecule is CNc1ccc(Oc2ccnn3cc(C(=O)N4CC(C#N)C4)c(C)c23)cc1. The number of carbonyl (C=O) groups is 1. The average Bonchev–Trinajstić information content (AvgIpc) is 2.99. The largest absolute Gasteiger partial charge is 0.455 e. The third-order valence-corrected chi connectivity index (χ3v) is 4.84. The quantitative estimate of drug-likeness (QED) is 0.772. The zero-order valence-corrected chi connectivity index (χ0v) is 15.1. The molecule has 0 unspecified atom stereocenters. The molecule has 1 aliphatic heterocycles. The number of fused-ring (bicyclic) bond motifs is 1. The van der Waals surface area contributed by atoms with E-state index >= 15 is 0 Å². The Balaban J connectivity index is 1.65. The first kappa shape index (κ1) is 16.9. The molecule has 2 aromatic heterocycles. The molecule has 0 bridgehead atoms. The van der Waals surface area contributed by atoms with Crippen molar-refractivity contribution in [3.63, 3.8) is 0 Å². The molecular weight excluding hydrogens is 342 g/mol. The van der Waals surface area contributed by atoms with Crippen LogP contribution in [0.25, 0.3) is 5.52 Å². The van der Waals surface area contributed by atoms with Gasteiger partial charge in [0.2, 0.25) is 0 Å². The van der Waals surface area contributed by atoms with E-state index in [1.54, 1.807) is 27.9 Å². The topological polar surface area (TPSA) is 82.7 Å². The minimum absolute atomic E-state index is 0.0658. The fourth-order valence-electron chi connectivity index (χ4n) is 3.23. The Morgan fingerprint density at radius 1 is 1.30 bits per heavy atom. The second-order valence-electron chi connectivity index (χ2n) is 6.57. The van der Waals surface area contributed by atoms with Gasteiger partial charge in [-0.1, -0.05) is 0 Å². The van der Waals surface area contributed by atoms with E-state index in [2.05, 4.69) is 16.5 Å². The highest BCUT2D eigenvalue weighted by molar-refractivity contribution is 5.98. The number of amides is 1. The van der Waals surface area contributed by atoms with Crippen molar-refractivity contribution in [2.75, 3.05) is 25.5 Å². The van der Waals surface area contributed by atoms with Crippen LogP contribution in [0, 0.1) is 24.2 Å². The van der Waals surface area contributed by atoms with E-state index in [0.717, 1.165) is 16.8 Å². The minimum atomic E-state index is -0.0752. The second kappa shape index (κ2) is 6.65. The van der Waals surface area contributed by atoms with Gasteiger partial charge in [-0.2, -0.15) is 10.4 Å². The van der Waals surface area contributed by atoms with Crippen molar-refractivity contribution in [1.82, 2.24) is 14.5 Å². The van der Waals surface area contributed by atoms with Gasteiger partial charge in [-0.05, 0) is 36.8 Å². The Morgan fingerprint density at radius 2 is 2.04 bits per heavy atom. The standard InChI is InChI=1S/C20H19N5O2/c1-13-17(20(26)24-10-14(9-21)11-24)12-25-19(13)18(7-8-23-25)27-16-5-3-15(22-2)4-6-16/h3-8,12,14,22H,10-11H2,1-2H3. The third-order valence-electron chi connectivity index (χ3n) is 4.84. The highest BCUT2D eigenvalue weighted by atomic mass is 16.5. The summed E-state index contributed by atoms with van der Waals surface area (Å²) in [5.41, 5.74) is 3.16. The second-order valence-corrected chi connectivity index (χ2v) is 6.57. The lowest BCUT2D eigenvalue weighted by Gasteiger charge is -2.35. The van der Waals surface area contributed by atoms with E-state index in [0.29, 0.717) is 30.2 Å². The lowest BCUT2D eigenvalue weighted by Crippen LogP contribution is -2.49. The number of nitrogens with zero attached hydrogens (tertiary/aromatic N) is 4. The number of benzene rings is 1. The molecule has 3 aromatic rings. The van der Waals surface area contributed by atoms with Crippen LogP contribution in [0.1, 0.15) is 15.9 Å². The van der Waals surface area contributed by atoms with Crippen molar-refractivity contribution in [3.05, 3.63) is 53.9 Å². The van der Waals surface area contributed by atoms with E-state index < -0.39 is 0 Å². The molecule has 1 saturated heterocycles. The van der Waals surface area contributed by atoms with Gasteiger partial charge in [0.25, 0.3) is 5.91 Å². The molecule has 0 atom stereocenters. The summed E-state index contributed by atoms with van der Waals surface area (Å²) in [5.74, 6) is 1.20. The number of aromatic nitrogens is 2. The van der Waals surface area contributed by atoms with Gasteiger partial charge in [0.05, 0.1) is 23.7 Å². The summed E-state index contributed by atoms with van der Waals surface area (Å²) in [4.78, 5) is 14.4. The highest BCUT2D eigenvalue weighted by Crippen LogP contribution is 2.31. The predicted molar refractivity (Wildman–Crippen MR) is 101 cm³/mol. The molecule has 3 heterocycles. The van der Waals surface area contributed by atoms with Crippen LogP contribution in [0.2, 0.25) is 0 Å². The maximum Gasteiger partial charge on any atom is 0.255 e. The summed E-state index contributed by atoms with van der Waals surface area (Å²) >= 11 is 0. The van der Waals surface area contributed by atoms with E-state index in [1.165, 1.54) is 0 Å². The summed E-state index contributed by atoms with van der Waals surface area (Å²) in [6.45, 7) is 2.86. The molecule has 7 nitrogen and oxygen atoms in total. The fraction of sp³-hybridized carbons (Fsp3) is 0.250. The van der Waals surface area contributed by atoms with Gasteiger partial charge in [-0.3, -0.25) is 4.79 Å². The normalized spacial score (nSPS) is 13.9. The van der Waals surface area contributed by atoms with Gasteiger partial charge in [0.15, 0.2) is 5.75 Å². The lowest BCUT2D eigenvalue weighted by molar-refractivity contribution is 0.0576. The van der Waals surface area contributed by atoms with Crippen LogP contribution in [-0.2, 0) is 0 Å². The lowest BCUT2D eigenvalue weighted by atomic mass is 10.0. The van der Waals surface area contributed by atoms with E-state index in [1.807, 2.05) is 38.2 Å². The summed E-state index contributed by atoms with van der Waals surface area (Å²) < 4.78 is 7.71. The molecule has 1 fully saturated rings. The average molecular weight is 361 g/mol. The van der Waals surface area contributed by atoms with Crippen LogP contribution in [0.4, 0.5) is 5.69 Å². The van der Waals surface area contributed by atoms with Crippen LogP contribution in [0.5, 0.6) is 11.5 Å². The van der Waals surface area contributed by atoms with Gasteiger partial charge < -0.3 is 15.0 Å². The van der Waals surface area contributed by atoms with Crippen molar-refractivity contribution in [1.29, 1.82) is 5.26 Å². The van der Waals surface area contributed by atoms with E-state index in [4.69, 9.17) is 10.00 Å². The molecular formula is C20H19N5O2. The Labute approximate surface area is 156 Å². The Morgan fingerprint density at radius 3 is 2.70 bits per heavy atom. The van der Waals surface area contributed by atoms with Crippen LogP contribution in [0.3, 0.4) is 0 Å². The number of aryl methyl sites for hydroxylation is 1. The van der Waals surface area contributed by atoms with Crippen LogP contribution < -0.4 is 10.1 Å². The molecule has 0 saturated carbocycles. The highest BCUT2D eigenvalue weighted by Gasteiger charge is 2.32. The predicted octanol–water partition coefficient (Wildman–Crippen LogP) is 3.07. The summed E-state index contributed by atoms with van der Waals surface area (Å²) in [6.07, 6.45) is 3.37. The smallest absolute Gasteiger partial charge is 0.255 e. The molecule has 27 heavy (non-hydrogen) atoms. The molecule has 0 aliphatic carbocycles. The van der Waals surface area contributed by atoms with Gasteiger partial charge in [0, 0.05) is 38.1 Å².